The van der Waals surface area contributed by atoms with Crippen molar-refractivity contribution in [1.82, 2.24) is 5.32 Å². The molecule has 3 nitrogen and oxygen atoms in total. The van der Waals surface area contributed by atoms with E-state index in [9.17, 15) is 18.0 Å². The molecular formula is C19H25F3N2O. The topological polar surface area (TPSA) is 32.3 Å². The summed E-state index contributed by atoms with van der Waals surface area (Å²) >= 11 is 0. The molecule has 1 saturated heterocycles. The molecule has 3 atom stereocenters. The normalized spacial score (nSPS) is 27.3. The molecule has 2 aliphatic rings. The fourth-order valence-electron chi connectivity index (χ4n) is 4.09. The van der Waals surface area contributed by atoms with Crippen LogP contribution >= 0.6 is 0 Å². The molecule has 2 fully saturated rings. The van der Waals surface area contributed by atoms with Gasteiger partial charge in [-0.25, -0.2) is 0 Å². The molecule has 3 rings (SSSR count). The van der Waals surface area contributed by atoms with Crippen LogP contribution in [-0.4, -0.2) is 31.7 Å². The van der Waals surface area contributed by atoms with Gasteiger partial charge in [0.15, 0.2) is 0 Å². The molecule has 1 saturated carbocycles. The summed E-state index contributed by atoms with van der Waals surface area (Å²) in [6.45, 7) is 2.21. The van der Waals surface area contributed by atoms with Gasteiger partial charge >= 0.3 is 6.18 Å². The number of rotatable bonds is 4. The maximum Gasteiger partial charge on any atom is 0.392 e. The van der Waals surface area contributed by atoms with Gasteiger partial charge in [-0.1, -0.05) is 31.0 Å². The Morgan fingerprint density at radius 2 is 1.84 bits per heavy atom. The summed E-state index contributed by atoms with van der Waals surface area (Å²) in [4.78, 5) is 14.6. The Morgan fingerprint density at radius 1 is 1.12 bits per heavy atom. The molecule has 25 heavy (non-hydrogen) atoms. The number of anilines is 1. The van der Waals surface area contributed by atoms with Crippen molar-refractivity contribution >= 4 is 11.6 Å². The number of benzene rings is 1. The highest BCUT2D eigenvalue weighted by molar-refractivity contribution is 5.79. The average Bonchev–Trinajstić information content (AvgIpc) is 3.09. The molecular weight excluding hydrogens is 329 g/mol. The summed E-state index contributed by atoms with van der Waals surface area (Å²) in [5, 5.41) is 2.80. The predicted octanol–water partition coefficient (Wildman–Crippen LogP) is 4.00. The van der Waals surface area contributed by atoms with E-state index >= 15 is 0 Å². The third-order valence-electron chi connectivity index (χ3n) is 5.50. The van der Waals surface area contributed by atoms with Crippen molar-refractivity contribution in [3.63, 3.8) is 0 Å². The van der Waals surface area contributed by atoms with Gasteiger partial charge in [0.05, 0.1) is 5.92 Å². The molecule has 138 valence electrons. The van der Waals surface area contributed by atoms with Crippen molar-refractivity contribution in [3.8, 4) is 0 Å². The summed E-state index contributed by atoms with van der Waals surface area (Å²) in [7, 11) is 0. The Hall–Kier alpha value is -1.72. The summed E-state index contributed by atoms with van der Waals surface area (Å²) in [6.07, 6.45) is -1.65. The van der Waals surface area contributed by atoms with Crippen LogP contribution in [0.1, 0.15) is 32.1 Å². The first kappa shape index (κ1) is 18.1. The number of amides is 1. The zero-order valence-corrected chi connectivity index (χ0v) is 14.3. The third kappa shape index (κ3) is 4.47. The van der Waals surface area contributed by atoms with Crippen molar-refractivity contribution in [3.05, 3.63) is 30.3 Å². The summed E-state index contributed by atoms with van der Waals surface area (Å²) in [5.74, 6) is -2.52. The second-order valence-electron chi connectivity index (χ2n) is 7.22. The standard InChI is InChI=1S/C19H25F3N2O/c20-19(21,22)17-9-5-4-8-16(17)18(25)23-12-14-10-11-24(13-14)15-6-2-1-3-7-15/h1-3,6-7,14,16-17H,4-5,8-13H2,(H,23,25). The molecule has 1 N–H and O–H groups in total. The zero-order chi connectivity index (χ0) is 17.9. The van der Waals surface area contributed by atoms with Crippen LogP contribution in [0.3, 0.4) is 0 Å². The minimum atomic E-state index is -4.28. The lowest BCUT2D eigenvalue weighted by atomic mass is 9.78. The van der Waals surface area contributed by atoms with Crippen molar-refractivity contribution in [2.24, 2.45) is 17.8 Å². The van der Waals surface area contributed by atoms with Crippen LogP contribution in [0.2, 0.25) is 0 Å². The van der Waals surface area contributed by atoms with E-state index in [0.717, 1.165) is 25.2 Å². The van der Waals surface area contributed by atoms with Gasteiger partial charge in [-0.15, -0.1) is 0 Å². The van der Waals surface area contributed by atoms with Crippen molar-refractivity contribution in [2.45, 2.75) is 38.3 Å². The summed E-state index contributed by atoms with van der Waals surface area (Å²) < 4.78 is 39.4. The Kier molecular flexibility index (Phi) is 5.54. The molecule has 1 aromatic carbocycles. The number of carbonyl (C=O) groups is 1. The number of para-hydroxylation sites is 1. The van der Waals surface area contributed by atoms with Gasteiger partial charge in [0.2, 0.25) is 5.91 Å². The SMILES string of the molecule is O=C(NCC1CCN(c2ccccc2)C1)C1CCCCC1C(F)(F)F. The van der Waals surface area contributed by atoms with Crippen LogP contribution < -0.4 is 10.2 Å². The fraction of sp³-hybridized carbons (Fsp3) is 0.632. The van der Waals surface area contributed by atoms with E-state index in [2.05, 4.69) is 22.3 Å². The highest BCUT2D eigenvalue weighted by Crippen LogP contribution is 2.41. The second kappa shape index (κ2) is 7.67. The highest BCUT2D eigenvalue weighted by Gasteiger charge is 2.48. The molecule has 1 aliphatic heterocycles. The summed E-state index contributed by atoms with van der Waals surface area (Å²) in [5.41, 5.74) is 1.15. The maximum absolute atomic E-state index is 13.1. The van der Waals surface area contributed by atoms with Gasteiger partial charge in [0.1, 0.15) is 0 Å². The number of nitrogens with zero attached hydrogens (tertiary/aromatic N) is 1. The lowest BCUT2D eigenvalue weighted by Gasteiger charge is -2.32. The highest BCUT2D eigenvalue weighted by atomic mass is 19.4. The molecule has 0 radical (unpaired) electrons. The molecule has 1 amide bonds. The third-order valence-corrected chi connectivity index (χ3v) is 5.50. The maximum atomic E-state index is 13.1. The van der Waals surface area contributed by atoms with E-state index < -0.39 is 23.9 Å². The molecule has 6 heteroatoms. The minimum absolute atomic E-state index is 0.0762. The van der Waals surface area contributed by atoms with Crippen molar-refractivity contribution < 1.29 is 18.0 Å². The molecule has 1 aliphatic carbocycles. The van der Waals surface area contributed by atoms with E-state index in [1.54, 1.807) is 0 Å². The molecule has 0 bridgehead atoms. The van der Waals surface area contributed by atoms with Gasteiger partial charge in [0, 0.05) is 31.2 Å². The lowest BCUT2D eigenvalue weighted by molar-refractivity contribution is -0.198. The summed E-state index contributed by atoms with van der Waals surface area (Å²) in [6, 6.07) is 10.1. The van der Waals surface area contributed by atoms with E-state index in [1.807, 2.05) is 18.2 Å². The van der Waals surface area contributed by atoms with Crippen LogP contribution in [-0.2, 0) is 4.79 Å². The van der Waals surface area contributed by atoms with Crippen LogP contribution in [0.5, 0.6) is 0 Å². The average molecular weight is 354 g/mol. The molecule has 1 heterocycles. The number of carbonyl (C=O) groups excluding carboxylic acids is 1. The number of hydrogen-bond acceptors (Lipinski definition) is 2. The number of alkyl halides is 3. The Balaban J connectivity index is 1.51. The zero-order valence-electron chi connectivity index (χ0n) is 14.3. The first-order valence-electron chi connectivity index (χ1n) is 9.09. The largest absolute Gasteiger partial charge is 0.392 e. The van der Waals surface area contributed by atoms with Crippen molar-refractivity contribution in [1.29, 1.82) is 0 Å². The quantitative estimate of drug-likeness (QED) is 0.886. The van der Waals surface area contributed by atoms with Gasteiger partial charge < -0.3 is 10.2 Å². The molecule has 0 aromatic heterocycles. The molecule has 3 unspecified atom stereocenters. The Morgan fingerprint density at radius 3 is 2.56 bits per heavy atom. The smallest absolute Gasteiger partial charge is 0.371 e. The van der Waals surface area contributed by atoms with Gasteiger partial charge in [0.25, 0.3) is 0 Å². The molecule has 1 aromatic rings. The first-order chi connectivity index (χ1) is 11.9. The number of hydrogen-bond donors (Lipinski definition) is 1. The Bertz CT molecular complexity index is 576. The Labute approximate surface area is 146 Å². The first-order valence-corrected chi connectivity index (χ1v) is 9.09. The van der Waals surface area contributed by atoms with Crippen LogP contribution in [0.25, 0.3) is 0 Å². The van der Waals surface area contributed by atoms with Crippen molar-refractivity contribution in [2.75, 3.05) is 24.5 Å². The monoisotopic (exact) mass is 354 g/mol. The lowest BCUT2D eigenvalue weighted by Crippen LogP contribution is -2.43. The van der Waals surface area contributed by atoms with E-state index in [0.29, 0.717) is 25.8 Å². The van der Waals surface area contributed by atoms with E-state index in [-0.39, 0.29) is 12.3 Å². The second-order valence-corrected chi connectivity index (χ2v) is 7.22. The van der Waals surface area contributed by atoms with Gasteiger partial charge in [-0.3, -0.25) is 4.79 Å². The molecule has 0 spiro atoms. The van der Waals surface area contributed by atoms with Gasteiger partial charge in [-0.2, -0.15) is 13.2 Å². The van der Waals surface area contributed by atoms with Crippen LogP contribution in [0, 0.1) is 17.8 Å². The number of halogens is 3. The predicted molar refractivity (Wildman–Crippen MR) is 91.3 cm³/mol. The minimum Gasteiger partial charge on any atom is -0.371 e. The fourth-order valence-corrected chi connectivity index (χ4v) is 4.09. The van der Waals surface area contributed by atoms with E-state index in [1.165, 1.54) is 0 Å². The van der Waals surface area contributed by atoms with Gasteiger partial charge in [-0.05, 0) is 37.3 Å². The van der Waals surface area contributed by atoms with E-state index in [4.69, 9.17) is 0 Å². The van der Waals surface area contributed by atoms with Crippen LogP contribution in [0.4, 0.5) is 18.9 Å². The van der Waals surface area contributed by atoms with Crippen LogP contribution in [0.15, 0.2) is 30.3 Å². The number of nitrogens with one attached hydrogen (secondary N) is 1.